The molecule has 2 unspecified atom stereocenters. The van der Waals surface area contributed by atoms with E-state index in [4.69, 9.17) is 10.8 Å². The molecule has 0 radical (unpaired) electrons. The van der Waals surface area contributed by atoms with Crippen LogP contribution in [0, 0.1) is 0 Å². The molecule has 2 atom stereocenters. The second kappa shape index (κ2) is 6.66. The molecule has 0 amide bonds. The molecule has 0 spiro atoms. The Bertz CT molecular complexity index is 533. The largest absolute Gasteiger partial charge is 0.326 e. The summed E-state index contributed by atoms with van der Waals surface area (Å²) in [6.45, 7) is 6.40. The van der Waals surface area contributed by atoms with E-state index >= 15 is 0 Å². The summed E-state index contributed by atoms with van der Waals surface area (Å²) in [5, 5.41) is 4.75. The summed E-state index contributed by atoms with van der Waals surface area (Å²) >= 11 is 0. The second-order valence-corrected chi connectivity index (χ2v) is 5.08. The van der Waals surface area contributed by atoms with Crippen molar-refractivity contribution in [3.8, 4) is 0 Å². The molecule has 108 valence electrons. The van der Waals surface area contributed by atoms with Gasteiger partial charge in [-0.1, -0.05) is 26.8 Å². The summed E-state index contributed by atoms with van der Waals surface area (Å²) in [4.78, 5) is 4.23. The van der Waals surface area contributed by atoms with Gasteiger partial charge in [0.1, 0.15) is 0 Å². The zero-order valence-corrected chi connectivity index (χ0v) is 12.6. The lowest BCUT2D eigenvalue weighted by molar-refractivity contribution is 0.410. The molecule has 0 aromatic carbocycles. The van der Waals surface area contributed by atoms with Gasteiger partial charge in [0.05, 0.1) is 11.7 Å². The van der Waals surface area contributed by atoms with Crippen LogP contribution in [0.5, 0.6) is 0 Å². The van der Waals surface area contributed by atoms with Crippen LogP contribution in [0.1, 0.15) is 50.2 Å². The molecule has 0 aliphatic heterocycles. The van der Waals surface area contributed by atoms with Gasteiger partial charge in [0.25, 0.3) is 0 Å². The summed E-state index contributed by atoms with van der Waals surface area (Å²) in [6.07, 6.45) is 6.50. The number of nitrogens with two attached hydrogens (primary N) is 1. The number of aryl methyl sites for hydroxylation is 2. The van der Waals surface area contributed by atoms with Crippen molar-refractivity contribution in [1.29, 1.82) is 0 Å². The van der Waals surface area contributed by atoms with Gasteiger partial charge in [0.2, 0.25) is 0 Å². The number of rotatable bonds is 6. The summed E-state index contributed by atoms with van der Waals surface area (Å²) < 4.78 is 2.10. The SMILES string of the molecule is CCc1cc(CC)n(C(c2cccnc2)C(N)CC)n1. The van der Waals surface area contributed by atoms with Crippen LogP contribution in [0.3, 0.4) is 0 Å². The summed E-state index contributed by atoms with van der Waals surface area (Å²) in [7, 11) is 0. The van der Waals surface area contributed by atoms with Crippen molar-refractivity contribution in [2.24, 2.45) is 5.73 Å². The minimum absolute atomic E-state index is 0.0362. The predicted molar refractivity (Wildman–Crippen MR) is 81.6 cm³/mol. The normalized spacial score (nSPS) is 14.2. The molecule has 0 aliphatic rings. The highest BCUT2D eigenvalue weighted by Gasteiger charge is 2.24. The molecule has 0 fully saturated rings. The van der Waals surface area contributed by atoms with E-state index in [1.165, 1.54) is 5.69 Å². The van der Waals surface area contributed by atoms with E-state index in [2.05, 4.69) is 42.6 Å². The molecule has 0 aliphatic carbocycles. The van der Waals surface area contributed by atoms with Gasteiger partial charge in [-0.3, -0.25) is 9.67 Å². The van der Waals surface area contributed by atoms with Crippen molar-refractivity contribution in [1.82, 2.24) is 14.8 Å². The summed E-state index contributed by atoms with van der Waals surface area (Å²) in [5.74, 6) is 0. The highest BCUT2D eigenvalue weighted by Crippen LogP contribution is 2.24. The minimum Gasteiger partial charge on any atom is -0.326 e. The lowest BCUT2D eigenvalue weighted by atomic mass is 9.99. The van der Waals surface area contributed by atoms with Crippen LogP contribution < -0.4 is 5.73 Å². The molecule has 2 N–H and O–H groups in total. The molecule has 0 bridgehead atoms. The van der Waals surface area contributed by atoms with Crippen molar-refractivity contribution >= 4 is 0 Å². The van der Waals surface area contributed by atoms with Gasteiger partial charge in [-0.15, -0.1) is 0 Å². The summed E-state index contributed by atoms with van der Waals surface area (Å²) in [5.41, 5.74) is 9.85. The zero-order chi connectivity index (χ0) is 14.5. The van der Waals surface area contributed by atoms with Gasteiger partial charge in [-0.25, -0.2) is 0 Å². The van der Waals surface area contributed by atoms with Crippen molar-refractivity contribution in [2.45, 2.75) is 52.1 Å². The van der Waals surface area contributed by atoms with E-state index in [1.807, 2.05) is 12.3 Å². The monoisotopic (exact) mass is 272 g/mol. The van der Waals surface area contributed by atoms with Crippen molar-refractivity contribution in [2.75, 3.05) is 0 Å². The number of hydrogen-bond acceptors (Lipinski definition) is 3. The smallest absolute Gasteiger partial charge is 0.0937 e. The third kappa shape index (κ3) is 2.90. The Labute approximate surface area is 121 Å². The third-order valence-corrected chi connectivity index (χ3v) is 3.75. The van der Waals surface area contributed by atoms with Crippen LogP contribution in [-0.2, 0) is 12.8 Å². The fraction of sp³-hybridized carbons (Fsp3) is 0.500. The maximum atomic E-state index is 6.37. The number of hydrogen-bond donors (Lipinski definition) is 1. The third-order valence-electron chi connectivity index (χ3n) is 3.75. The molecular formula is C16H24N4. The van der Waals surface area contributed by atoms with Crippen LogP contribution in [-0.4, -0.2) is 20.8 Å². The van der Waals surface area contributed by atoms with Crippen LogP contribution in [0.15, 0.2) is 30.6 Å². The van der Waals surface area contributed by atoms with E-state index < -0.39 is 0 Å². The Balaban J connectivity index is 2.49. The maximum Gasteiger partial charge on any atom is 0.0937 e. The van der Waals surface area contributed by atoms with Gasteiger partial charge < -0.3 is 5.73 Å². The Morgan fingerprint density at radius 2 is 2.05 bits per heavy atom. The molecule has 2 rings (SSSR count). The number of pyridine rings is 1. The van der Waals surface area contributed by atoms with Crippen LogP contribution in [0.2, 0.25) is 0 Å². The lowest BCUT2D eigenvalue weighted by Gasteiger charge is -2.25. The summed E-state index contributed by atoms with van der Waals surface area (Å²) in [6, 6.07) is 6.32. The van der Waals surface area contributed by atoms with E-state index in [9.17, 15) is 0 Å². The quantitative estimate of drug-likeness (QED) is 0.879. The molecule has 4 heteroatoms. The molecule has 2 aromatic rings. The van der Waals surface area contributed by atoms with Crippen molar-refractivity contribution < 1.29 is 0 Å². The molecule has 2 aromatic heterocycles. The van der Waals surface area contributed by atoms with Crippen LogP contribution in [0.25, 0.3) is 0 Å². The Morgan fingerprint density at radius 1 is 1.25 bits per heavy atom. The molecule has 20 heavy (non-hydrogen) atoms. The van der Waals surface area contributed by atoms with Gasteiger partial charge in [0, 0.05) is 24.1 Å². The second-order valence-electron chi connectivity index (χ2n) is 5.08. The molecule has 0 saturated carbocycles. The van der Waals surface area contributed by atoms with Gasteiger partial charge in [-0.2, -0.15) is 5.10 Å². The van der Waals surface area contributed by atoms with Gasteiger partial charge >= 0.3 is 0 Å². The average molecular weight is 272 g/mol. The first-order valence-corrected chi connectivity index (χ1v) is 7.44. The van der Waals surface area contributed by atoms with Gasteiger partial charge in [-0.05, 0) is 37.0 Å². The first-order chi connectivity index (χ1) is 9.71. The topological polar surface area (TPSA) is 56.7 Å². The van der Waals surface area contributed by atoms with Crippen molar-refractivity contribution in [3.63, 3.8) is 0 Å². The highest BCUT2D eigenvalue weighted by atomic mass is 15.3. The van der Waals surface area contributed by atoms with Crippen LogP contribution in [0.4, 0.5) is 0 Å². The Hall–Kier alpha value is -1.68. The number of nitrogens with zero attached hydrogens (tertiary/aromatic N) is 3. The van der Waals surface area contributed by atoms with E-state index in [0.29, 0.717) is 0 Å². The van der Waals surface area contributed by atoms with Gasteiger partial charge in [0.15, 0.2) is 0 Å². The first kappa shape index (κ1) is 14.7. The van der Waals surface area contributed by atoms with E-state index in [0.717, 1.165) is 30.5 Å². The zero-order valence-electron chi connectivity index (χ0n) is 12.6. The predicted octanol–water partition coefficient (Wildman–Crippen LogP) is 2.73. The maximum absolute atomic E-state index is 6.37. The molecule has 2 heterocycles. The fourth-order valence-electron chi connectivity index (χ4n) is 2.51. The van der Waals surface area contributed by atoms with E-state index in [-0.39, 0.29) is 12.1 Å². The standard InChI is InChI=1S/C16H24N4/c1-4-13-10-14(5-2)20(19-13)16(15(17)6-3)12-8-7-9-18-11-12/h7-11,15-16H,4-6,17H2,1-3H3. The van der Waals surface area contributed by atoms with Crippen molar-refractivity contribution in [3.05, 3.63) is 47.5 Å². The molecular weight excluding hydrogens is 248 g/mol. The lowest BCUT2D eigenvalue weighted by Crippen LogP contribution is -2.34. The number of aromatic nitrogens is 3. The molecule has 0 saturated heterocycles. The van der Waals surface area contributed by atoms with Crippen LogP contribution >= 0.6 is 0 Å². The molecule has 4 nitrogen and oxygen atoms in total. The first-order valence-electron chi connectivity index (χ1n) is 7.44. The highest BCUT2D eigenvalue weighted by molar-refractivity contribution is 5.21. The minimum atomic E-state index is 0.0362. The Morgan fingerprint density at radius 3 is 2.60 bits per heavy atom. The average Bonchev–Trinajstić information content (AvgIpc) is 2.91. The Kier molecular flexibility index (Phi) is 4.90. The van der Waals surface area contributed by atoms with E-state index in [1.54, 1.807) is 6.20 Å². The fourth-order valence-corrected chi connectivity index (χ4v) is 2.51.